The van der Waals surface area contributed by atoms with Crippen molar-refractivity contribution >= 4 is 51.8 Å². The summed E-state index contributed by atoms with van der Waals surface area (Å²) in [6.07, 6.45) is 9.71. The van der Waals surface area contributed by atoms with E-state index in [1.165, 1.54) is 23.3 Å². The Hall–Kier alpha value is -7.03. The Kier molecular flexibility index (Phi) is 14.7. The van der Waals surface area contributed by atoms with Crippen molar-refractivity contribution in [2.75, 3.05) is 67.9 Å². The van der Waals surface area contributed by atoms with Gasteiger partial charge in [-0.25, -0.2) is 15.0 Å². The standard InChI is InChI=1S/C56H68N14O5S/c1-33(2)50(55(74)69-31-42(71)25-46(69)54(73)61-34(3)37-13-15-39(16-14-37)52-35(4)60-32-76-52)48-27-49(65-75-48)67-23-21-66(22-24-67)30-36-9-11-38(12-10-36)40-28-58-56(59-29-40)68-19-17-41(18-20-68)70-45-26-44(43-7-5-6-8-47(43)72)62-63-51(45)53(57)64-70/h5-8,13-16,26-29,32-34,36,38,41-42,46,50,71-72H,9-12,17-25,30-31H2,1-4H3,(H2,57,64)(H,61,73)/t34-,36?,38?,42+,46-,50?/m0/s1. The molecular weight excluding hydrogens is 981 g/mol. The van der Waals surface area contributed by atoms with Crippen molar-refractivity contribution in [2.24, 2.45) is 11.8 Å². The van der Waals surface area contributed by atoms with Crippen LogP contribution >= 0.6 is 11.3 Å². The fourth-order valence-corrected chi connectivity index (χ4v) is 12.8. The monoisotopic (exact) mass is 1050 g/mol. The average molecular weight is 1050 g/mol. The smallest absolute Gasteiger partial charge is 0.243 e. The van der Waals surface area contributed by atoms with E-state index in [2.05, 4.69) is 45.5 Å². The lowest BCUT2D eigenvalue weighted by Crippen LogP contribution is -2.48. The van der Waals surface area contributed by atoms with Crippen LogP contribution in [0.4, 0.5) is 17.6 Å². The Morgan fingerprint density at radius 3 is 2.32 bits per heavy atom. The number of aryl methyl sites for hydroxylation is 1. The van der Waals surface area contributed by atoms with Gasteiger partial charge in [-0.2, -0.15) is 5.10 Å². The number of nitrogens with two attached hydrogens (primary N) is 1. The lowest BCUT2D eigenvalue weighted by molar-refractivity contribution is -0.141. The lowest BCUT2D eigenvalue weighted by Gasteiger charge is -2.38. The molecule has 4 aliphatic rings. The molecule has 398 valence electrons. The summed E-state index contributed by atoms with van der Waals surface area (Å²) in [6.45, 7) is 14.0. The third-order valence-electron chi connectivity index (χ3n) is 16.3. The quantitative estimate of drug-likeness (QED) is 0.0825. The van der Waals surface area contributed by atoms with Crippen LogP contribution in [0.2, 0.25) is 0 Å². The number of thiazole rings is 1. The van der Waals surface area contributed by atoms with Crippen molar-refractivity contribution in [3.63, 3.8) is 0 Å². The fraction of sp³-hybridized carbons (Fsp3) is 0.482. The molecule has 4 atom stereocenters. The van der Waals surface area contributed by atoms with Crippen molar-refractivity contribution in [1.29, 1.82) is 0 Å². The van der Waals surface area contributed by atoms with Crippen molar-refractivity contribution in [3.05, 3.63) is 101 Å². The molecule has 4 fully saturated rings. The number of nitrogens with one attached hydrogen (secondary N) is 1. The number of aliphatic hydroxyl groups is 1. The number of piperazine rings is 1. The molecule has 3 aliphatic heterocycles. The molecule has 1 saturated carbocycles. The van der Waals surface area contributed by atoms with E-state index in [-0.39, 0.29) is 48.5 Å². The van der Waals surface area contributed by atoms with E-state index in [0.717, 1.165) is 110 Å². The number of para-hydroxylation sites is 1. The molecule has 76 heavy (non-hydrogen) atoms. The van der Waals surface area contributed by atoms with Gasteiger partial charge >= 0.3 is 0 Å². The number of phenols is 1. The zero-order valence-corrected chi connectivity index (χ0v) is 44.5. The highest BCUT2D eigenvalue weighted by molar-refractivity contribution is 7.13. The van der Waals surface area contributed by atoms with Crippen molar-refractivity contribution < 1.29 is 24.3 Å². The molecule has 1 unspecified atom stereocenters. The second-order valence-electron chi connectivity index (χ2n) is 21.7. The number of amides is 2. The van der Waals surface area contributed by atoms with Gasteiger partial charge in [0.05, 0.1) is 45.5 Å². The third-order valence-corrected chi connectivity index (χ3v) is 17.3. The van der Waals surface area contributed by atoms with Gasteiger partial charge in [0.1, 0.15) is 17.7 Å². The first-order chi connectivity index (χ1) is 36.8. The number of β-amino-alcohol motifs (C(OH)–C–C–N with tert-alkyl or cyclic N) is 1. The predicted molar refractivity (Wildman–Crippen MR) is 292 cm³/mol. The topological polar surface area (TPSA) is 234 Å². The largest absolute Gasteiger partial charge is 0.507 e. The first kappa shape index (κ1) is 51.1. The Morgan fingerprint density at radius 1 is 0.882 bits per heavy atom. The number of aromatic hydroxyl groups is 1. The SMILES string of the molecule is Cc1ncsc1-c1ccc([C@H](C)NC(=O)[C@@H]2C[C@@H](O)CN2C(=O)C(c2cc(N3CCN(CC4CCC(c5cnc(N6CCC(n7nc(N)c8nnc(-c9ccccc9O)cc87)CC6)nc5)CC4)CC3)no2)C(C)C)cc1. The number of anilines is 3. The highest BCUT2D eigenvalue weighted by atomic mass is 32.1. The number of aliphatic hydroxyl groups excluding tert-OH is 1. The summed E-state index contributed by atoms with van der Waals surface area (Å²) >= 11 is 1.60. The van der Waals surface area contributed by atoms with Crippen LogP contribution in [-0.2, 0) is 9.59 Å². The van der Waals surface area contributed by atoms with Gasteiger partial charge in [0, 0.05) is 82.8 Å². The molecule has 8 heterocycles. The number of piperidine rings is 1. The molecule has 7 aromatic rings. The van der Waals surface area contributed by atoms with Gasteiger partial charge in [-0.3, -0.25) is 19.2 Å². The van der Waals surface area contributed by atoms with E-state index in [1.54, 1.807) is 23.5 Å². The highest BCUT2D eigenvalue weighted by Gasteiger charge is 2.44. The van der Waals surface area contributed by atoms with Crippen LogP contribution in [0.3, 0.4) is 0 Å². The van der Waals surface area contributed by atoms with Crippen molar-refractivity contribution in [1.82, 2.24) is 55.2 Å². The number of nitrogen functional groups attached to an aromatic ring is 1. The number of nitrogens with zero attached hydrogens (tertiary/aromatic N) is 12. The third kappa shape index (κ3) is 10.6. The van der Waals surface area contributed by atoms with Gasteiger partial charge in [-0.15, -0.1) is 21.5 Å². The highest BCUT2D eigenvalue weighted by Crippen LogP contribution is 2.39. The van der Waals surface area contributed by atoms with Crippen LogP contribution in [0.1, 0.15) is 112 Å². The maximum absolute atomic E-state index is 14.4. The molecule has 0 radical (unpaired) electrons. The molecule has 19 nitrogen and oxygen atoms in total. The summed E-state index contributed by atoms with van der Waals surface area (Å²) in [5, 5.41) is 42.2. The van der Waals surface area contributed by atoms with Gasteiger partial charge in [0.15, 0.2) is 22.9 Å². The second kappa shape index (κ2) is 21.9. The summed E-state index contributed by atoms with van der Waals surface area (Å²) in [5.41, 5.74) is 14.9. The zero-order valence-electron chi connectivity index (χ0n) is 43.7. The molecule has 5 N–H and O–H groups in total. The Morgan fingerprint density at radius 2 is 1.62 bits per heavy atom. The first-order valence-electron chi connectivity index (χ1n) is 26.9. The molecule has 20 heteroatoms. The summed E-state index contributed by atoms with van der Waals surface area (Å²) in [5.74, 6) is 2.21. The molecule has 1 aliphatic carbocycles. The zero-order chi connectivity index (χ0) is 52.6. The number of likely N-dealkylation sites (tertiary alicyclic amines) is 1. The van der Waals surface area contributed by atoms with Crippen molar-refractivity contribution in [3.8, 4) is 27.4 Å². The maximum Gasteiger partial charge on any atom is 0.243 e. The minimum atomic E-state index is -0.805. The number of rotatable bonds is 14. The van der Waals surface area contributed by atoms with Gasteiger partial charge in [-0.1, -0.05) is 55.4 Å². The van der Waals surface area contributed by atoms with Gasteiger partial charge in [0.2, 0.25) is 17.8 Å². The summed E-state index contributed by atoms with van der Waals surface area (Å²) in [4.78, 5) is 52.0. The van der Waals surface area contributed by atoms with E-state index in [4.69, 9.17) is 20.2 Å². The van der Waals surface area contributed by atoms with Crippen LogP contribution < -0.4 is 20.9 Å². The molecule has 0 spiro atoms. The number of hydrogen-bond acceptors (Lipinski definition) is 17. The predicted octanol–water partition coefficient (Wildman–Crippen LogP) is 7.51. The first-order valence-corrected chi connectivity index (χ1v) is 27.8. The molecule has 11 rings (SSSR count). The number of carbonyl (C=O) groups is 2. The van der Waals surface area contributed by atoms with E-state index < -0.39 is 18.1 Å². The number of carbonyl (C=O) groups excluding carboxylic acids is 2. The van der Waals surface area contributed by atoms with Crippen LogP contribution in [-0.4, -0.2) is 136 Å². The molecule has 0 bridgehead atoms. The minimum absolute atomic E-state index is 0.0812. The molecule has 3 saturated heterocycles. The van der Waals surface area contributed by atoms with Gasteiger partial charge in [-0.05, 0) is 105 Å². The number of benzene rings is 2. The summed E-state index contributed by atoms with van der Waals surface area (Å²) in [6, 6.07) is 18.0. The van der Waals surface area contributed by atoms with Gasteiger partial charge < -0.3 is 40.5 Å². The molecule has 5 aromatic heterocycles. The van der Waals surface area contributed by atoms with E-state index >= 15 is 0 Å². The Bertz CT molecular complexity index is 3140. The summed E-state index contributed by atoms with van der Waals surface area (Å²) < 4.78 is 7.92. The lowest BCUT2D eigenvalue weighted by atomic mass is 9.79. The number of hydrogen-bond donors (Lipinski definition) is 4. The van der Waals surface area contributed by atoms with Crippen LogP contribution in [0.15, 0.2) is 83.1 Å². The number of fused-ring (bicyclic) bond motifs is 1. The number of aromatic nitrogens is 8. The van der Waals surface area contributed by atoms with Crippen LogP contribution in [0, 0.1) is 18.8 Å². The molecule has 2 aromatic carbocycles. The normalized spacial score (nSPS) is 21.6. The van der Waals surface area contributed by atoms with Crippen LogP contribution in [0.25, 0.3) is 32.7 Å². The number of phenolic OH excluding ortho intramolecular Hbond substituents is 1. The van der Waals surface area contributed by atoms with Crippen molar-refractivity contribution in [2.45, 2.75) is 109 Å². The maximum atomic E-state index is 14.4. The Balaban J connectivity index is 0.631. The van der Waals surface area contributed by atoms with E-state index in [9.17, 15) is 19.8 Å². The minimum Gasteiger partial charge on any atom is -0.507 e. The summed E-state index contributed by atoms with van der Waals surface area (Å²) in [7, 11) is 0. The molecule has 2 amide bonds. The van der Waals surface area contributed by atoms with E-state index in [0.29, 0.717) is 40.2 Å². The average Bonchev–Trinajstić information content (AvgIpc) is 4.27. The fourth-order valence-electron chi connectivity index (χ4n) is 12.0. The Labute approximate surface area is 446 Å². The van der Waals surface area contributed by atoms with E-state index in [1.807, 2.05) is 98.8 Å². The van der Waals surface area contributed by atoms with Crippen LogP contribution in [0.5, 0.6) is 5.75 Å². The second-order valence-corrected chi connectivity index (χ2v) is 22.5. The van der Waals surface area contributed by atoms with Gasteiger partial charge in [0.25, 0.3) is 0 Å². The molecular formula is C56H68N14O5S.